The molecule has 1 unspecified atom stereocenters. The third kappa shape index (κ3) is 5.64. The lowest BCUT2D eigenvalue weighted by atomic mass is 10.1. The molecule has 0 saturated carbocycles. The van der Waals surface area contributed by atoms with E-state index in [9.17, 15) is 14.4 Å². The number of hydrogen-bond acceptors (Lipinski definition) is 7. The summed E-state index contributed by atoms with van der Waals surface area (Å²) in [4.78, 5) is 41.0. The molecular weight excluding hydrogens is 455 g/mol. The number of hydrogen-bond donors (Lipinski definition) is 0. The molecule has 0 aromatic heterocycles. The third-order valence-corrected chi connectivity index (χ3v) is 7.95. The van der Waals surface area contributed by atoms with Gasteiger partial charge in [-0.05, 0) is 53.1 Å². The van der Waals surface area contributed by atoms with E-state index in [-0.39, 0.29) is 63.2 Å². The van der Waals surface area contributed by atoms with Gasteiger partial charge in [-0.3, -0.25) is 19.3 Å². The SMILES string of the molecule is [2H]C[C@@H]1C[C@@H](OP(OCCC#N)N(C(C)C)C(C)C)CN1C(=O)CN1C(=O)c2ccccc2C1=O. The van der Waals surface area contributed by atoms with E-state index in [4.69, 9.17) is 15.7 Å². The van der Waals surface area contributed by atoms with E-state index in [2.05, 4.69) is 10.7 Å². The van der Waals surface area contributed by atoms with Crippen LogP contribution in [0.2, 0.25) is 0 Å². The fraction of sp³-hybridized carbons (Fsp3) is 0.583. The molecule has 3 amide bonds. The van der Waals surface area contributed by atoms with Crippen LogP contribution in [0.25, 0.3) is 0 Å². The average Bonchev–Trinajstić information content (AvgIpc) is 3.33. The summed E-state index contributed by atoms with van der Waals surface area (Å²) in [7, 11) is -1.48. The zero-order valence-corrected chi connectivity index (χ0v) is 21.0. The molecule has 10 heteroatoms. The summed E-state index contributed by atoms with van der Waals surface area (Å²) in [5.41, 5.74) is 0.597. The number of imide groups is 1. The highest BCUT2D eigenvalue weighted by Crippen LogP contribution is 2.48. The van der Waals surface area contributed by atoms with Gasteiger partial charge in [0.05, 0.1) is 36.3 Å². The Morgan fingerprint density at radius 2 is 1.85 bits per heavy atom. The van der Waals surface area contributed by atoms with Crippen molar-refractivity contribution in [2.24, 2.45) is 0 Å². The fourth-order valence-corrected chi connectivity index (χ4v) is 6.00. The smallest absolute Gasteiger partial charge is 0.262 e. The van der Waals surface area contributed by atoms with Crippen LogP contribution in [0.1, 0.15) is 69.5 Å². The Bertz CT molecular complexity index is 942. The zero-order valence-electron chi connectivity index (χ0n) is 21.1. The number of amides is 3. The van der Waals surface area contributed by atoms with Crippen molar-refractivity contribution in [2.45, 2.75) is 71.7 Å². The Labute approximate surface area is 204 Å². The van der Waals surface area contributed by atoms with Crippen LogP contribution >= 0.6 is 8.53 Å². The van der Waals surface area contributed by atoms with Crippen LogP contribution in [-0.4, -0.2) is 76.1 Å². The predicted molar refractivity (Wildman–Crippen MR) is 128 cm³/mol. The van der Waals surface area contributed by atoms with E-state index >= 15 is 0 Å². The van der Waals surface area contributed by atoms with Gasteiger partial charge in [-0.15, -0.1) is 0 Å². The van der Waals surface area contributed by atoms with Crippen LogP contribution < -0.4 is 0 Å². The first kappa shape index (κ1) is 24.7. The first-order valence-electron chi connectivity index (χ1n) is 12.2. The molecule has 1 aromatic carbocycles. The van der Waals surface area contributed by atoms with Crippen molar-refractivity contribution in [3.05, 3.63) is 35.4 Å². The highest BCUT2D eigenvalue weighted by atomic mass is 31.2. The van der Waals surface area contributed by atoms with Gasteiger partial charge in [-0.25, -0.2) is 4.67 Å². The second kappa shape index (κ2) is 11.4. The van der Waals surface area contributed by atoms with E-state index in [1.807, 2.05) is 27.7 Å². The summed E-state index contributed by atoms with van der Waals surface area (Å²) < 4.78 is 22.4. The second-order valence-electron chi connectivity index (χ2n) is 8.95. The van der Waals surface area contributed by atoms with Crippen LogP contribution in [0.15, 0.2) is 24.3 Å². The van der Waals surface area contributed by atoms with E-state index in [0.29, 0.717) is 17.5 Å². The van der Waals surface area contributed by atoms with Gasteiger partial charge in [-0.2, -0.15) is 5.26 Å². The molecule has 1 saturated heterocycles. The largest absolute Gasteiger partial charge is 0.336 e. The number of rotatable bonds is 10. The Kier molecular flexibility index (Phi) is 8.28. The summed E-state index contributed by atoms with van der Waals surface area (Å²) in [5.74, 6) is -1.35. The molecule has 2 aliphatic rings. The molecule has 0 radical (unpaired) electrons. The highest BCUT2D eigenvalue weighted by molar-refractivity contribution is 7.44. The second-order valence-corrected chi connectivity index (χ2v) is 10.4. The maximum absolute atomic E-state index is 13.2. The Hall–Kier alpha value is -2.37. The van der Waals surface area contributed by atoms with E-state index in [1.54, 1.807) is 29.2 Å². The van der Waals surface area contributed by atoms with Crippen molar-refractivity contribution < 1.29 is 24.8 Å². The van der Waals surface area contributed by atoms with Crippen LogP contribution in [0.5, 0.6) is 0 Å². The molecule has 0 spiro atoms. The number of carbonyl (C=O) groups is 3. The van der Waals surface area contributed by atoms with Gasteiger partial charge < -0.3 is 13.9 Å². The quantitative estimate of drug-likeness (QED) is 0.281. The average molecular weight is 490 g/mol. The number of nitrogens with zero attached hydrogens (tertiary/aromatic N) is 4. The van der Waals surface area contributed by atoms with Crippen LogP contribution in [0.3, 0.4) is 0 Å². The molecule has 184 valence electrons. The van der Waals surface area contributed by atoms with Gasteiger partial charge in [0.1, 0.15) is 6.54 Å². The van der Waals surface area contributed by atoms with Gasteiger partial charge in [0.15, 0.2) is 0 Å². The maximum Gasteiger partial charge on any atom is 0.262 e. The minimum Gasteiger partial charge on any atom is -0.336 e. The van der Waals surface area contributed by atoms with E-state index < -0.39 is 20.3 Å². The molecule has 0 aliphatic carbocycles. The normalized spacial score (nSPS) is 21.4. The molecule has 9 nitrogen and oxygen atoms in total. The number of likely N-dealkylation sites (tertiary alicyclic amines) is 1. The van der Waals surface area contributed by atoms with Crippen LogP contribution in [0.4, 0.5) is 0 Å². The van der Waals surface area contributed by atoms with Crippen molar-refractivity contribution in [1.29, 1.82) is 5.26 Å². The lowest BCUT2D eigenvalue weighted by Crippen LogP contribution is -2.44. The standard InChI is InChI=1S/C24H33N4O5P/c1-16(2)28(17(3)4)34(32-12-8-11-25)33-19-13-18(5)26(14-19)22(29)15-27-23(30)20-9-6-7-10-21(20)24(27)31/h6-7,9-10,16-19H,8,12-15H2,1-5H3/t18-,19-,34?/m1/s1/i5D. The summed E-state index contributed by atoms with van der Waals surface area (Å²) in [5, 5.41) is 8.90. The molecular formula is C24H33N4O5P. The Morgan fingerprint density at radius 1 is 1.24 bits per heavy atom. The van der Waals surface area contributed by atoms with Gasteiger partial charge >= 0.3 is 0 Å². The van der Waals surface area contributed by atoms with Gasteiger partial charge in [0.25, 0.3) is 20.3 Å². The fourth-order valence-electron chi connectivity index (χ4n) is 4.29. The van der Waals surface area contributed by atoms with Crippen LogP contribution in [0, 0.1) is 11.3 Å². The Balaban J connectivity index is 1.69. The number of nitriles is 1. The monoisotopic (exact) mass is 489 g/mol. The molecule has 1 fully saturated rings. The number of benzene rings is 1. The highest BCUT2D eigenvalue weighted by Gasteiger charge is 2.41. The summed E-state index contributed by atoms with van der Waals surface area (Å²) in [6, 6.07) is 8.50. The van der Waals surface area contributed by atoms with Crippen molar-refractivity contribution >= 4 is 26.2 Å². The molecule has 3 atom stereocenters. The molecule has 2 heterocycles. The van der Waals surface area contributed by atoms with Crippen molar-refractivity contribution in [2.75, 3.05) is 19.7 Å². The minimum atomic E-state index is -1.48. The maximum atomic E-state index is 13.2. The lowest BCUT2D eigenvalue weighted by molar-refractivity contribution is -0.132. The molecule has 0 bridgehead atoms. The van der Waals surface area contributed by atoms with E-state index in [0.717, 1.165) is 4.90 Å². The summed E-state index contributed by atoms with van der Waals surface area (Å²) in [6.45, 7) is 8.30. The van der Waals surface area contributed by atoms with E-state index in [1.165, 1.54) is 0 Å². The van der Waals surface area contributed by atoms with Gasteiger partial charge in [-0.1, -0.05) is 12.1 Å². The zero-order chi connectivity index (χ0) is 25.7. The molecule has 1 aromatic rings. The van der Waals surface area contributed by atoms with Gasteiger partial charge in [0.2, 0.25) is 5.91 Å². The Morgan fingerprint density at radius 3 is 2.38 bits per heavy atom. The topological polar surface area (TPSA) is 103 Å². The molecule has 34 heavy (non-hydrogen) atoms. The lowest BCUT2D eigenvalue weighted by Gasteiger charge is -2.36. The van der Waals surface area contributed by atoms with Crippen molar-refractivity contribution in [3.8, 4) is 6.07 Å². The molecule has 2 aliphatic heterocycles. The number of carbonyl (C=O) groups excluding carboxylic acids is 3. The van der Waals surface area contributed by atoms with Gasteiger partial charge in [0, 0.05) is 26.0 Å². The predicted octanol–water partition coefficient (Wildman–Crippen LogP) is 3.56. The summed E-state index contributed by atoms with van der Waals surface area (Å²) >= 11 is 0. The third-order valence-electron chi connectivity index (χ3n) is 5.77. The number of fused-ring (bicyclic) bond motifs is 1. The van der Waals surface area contributed by atoms with Crippen molar-refractivity contribution in [3.63, 3.8) is 0 Å². The first-order chi connectivity index (χ1) is 16.7. The minimum absolute atomic E-state index is 0.0149. The first-order valence-corrected chi connectivity index (χ1v) is 12.6. The van der Waals surface area contributed by atoms with Crippen LogP contribution in [-0.2, 0) is 13.8 Å². The molecule has 0 N–H and O–H groups in total. The summed E-state index contributed by atoms with van der Waals surface area (Å²) in [6.07, 6.45) is 0.351. The molecule has 3 rings (SSSR count). The van der Waals surface area contributed by atoms with Crippen molar-refractivity contribution in [1.82, 2.24) is 14.5 Å².